The number of halogens is 4. The Labute approximate surface area is 194 Å². The molecule has 0 radical (unpaired) electrons. The van der Waals surface area contributed by atoms with Gasteiger partial charge in [0.15, 0.2) is 0 Å². The quantitative estimate of drug-likeness (QED) is 0.567. The molecule has 0 bridgehead atoms. The van der Waals surface area contributed by atoms with Gasteiger partial charge in [0.1, 0.15) is 0 Å². The first-order valence-electron chi connectivity index (χ1n) is 10.8. The predicted octanol–water partition coefficient (Wildman–Crippen LogP) is 4.99. The summed E-state index contributed by atoms with van der Waals surface area (Å²) in [5, 5.41) is 0.738. The Morgan fingerprint density at radius 2 is 1.62 bits per heavy atom. The van der Waals surface area contributed by atoms with Crippen LogP contribution in [0.2, 0.25) is 5.02 Å². The molecule has 1 aliphatic rings. The van der Waals surface area contributed by atoms with Crippen molar-refractivity contribution < 1.29 is 13.2 Å². The molecule has 176 valence electrons. The third-order valence-corrected chi connectivity index (χ3v) is 6.41. The molecule has 3 rings (SSSR count). The zero-order valence-electron chi connectivity index (χ0n) is 19.2. The number of rotatable bonds is 7. The van der Waals surface area contributed by atoms with Crippen molar-refractivity contribution in [1.29, 1.82) is 0 Å². The van der Waals surface area contributed by atoms with Crippen molar-refractivity contribution in [3.63, 3.8) is 0 Å². The minimum atomic E-state index is -4.36. The highest BCUT2D eigenvalue weighted by atomic mass is 35.5. The van der Waals surface area contributed by atoms with E-state index >= 15 is 0 Å². The number of alkyl halides is 3. The summed E-state index contributed by atoms with van der Waals surface area (Å²) in [6.45, 7) is 6.80. The molecule has 0 spiro atoms. The van der Waals surface area contributed by atoms with Gasteiger partial charge in [-0.3, -0.25) is 4.90 Å². The van der Waals surface area contributed by atoms with Crippen molar-refractivity contribution in [2.24, 2.45) is 0 Å². The van der Waals surface area contributed by atoms with Crippen molar-refractivity contribution in [3.8, 4) is 0 Å². The van der Waals surface area contributed by atoms with Crippen LogP contribution < -0.4 is 9.80 Å². The summed E-state index contributed by atoms with van der Waals surface area (Å²) in [7, 11) is 5.89. The van der Waals surface area contributed by atoms with Crippen LogP contribution >= 0.6 is 11.6 Å². The van der Waals surface area contributed by atoms with E-state index in [1.54, 1.807) is 12.1 Å². The SMILES string of the molecule is Cc1cc(N2CCN(Cc3cc(N(C)CCN(C)C)ccc3C(F)(F)F)CC2)ccc1Cl. The van der Waals surface area contributed by atoms with E-state index in [2.05, 4.69) is 20.8 Å². The molecular weight excluding hydrogens is 437 g/mol. The van der Waals surface area contributed by atoms with Gasteiger partial charge in [-0.15, -0.1) is 0 Å². The lowest BCUT2D eigenvalue weighted by Gasteiger charge is -2.36. The van der Waals surface area contributed by atoms with E-state index in [-0.39, 0.29) is 6.54 Å². The summed E-state index contributed by atoms with van der Waals surface area (Å²) >= 11 is 6.13. The minimum absolute atomic E-state index is 0.289. The monoisotopic (exact) mass is 468 g/mol. The van der Waals surface area contributed by atoms with Crippen molar-refractivity contribution in [3.05, 3.63) is 58.1 Å². The standard InChI is InChI=1S/C24H32ClF3N4/c1-18-15-21(6-8-23(18)25)32-13-11-31(12-14-32)17-19-16-20(30(4)10-9-29(2)3)5-7-22(19)24(26,27)28/h5-8,15-16H,9-14,17H2,1-4H3. The highest BCUT2D eigenvalue weighted by Crippen LogP contribution is 2.35. The van der Waals surface area contributed by atoms with E-state index in [0.29, 0.717) is 18.7 Å². The molecule has 0 aliphatic carbocycles. The summed E-state index contributed by atoms with van der Waals surface area (Å²) in [6, 6.07) is 10.5. The molecule has 2 aromatic rings. The maximum atomic E-state index is 13.7. The molecule has 1 aliphatic heterocycles. The van der Waals surface area contributed by atoms with E-state index < -0.39 is 11.7 Å². The second kappa shape index (κ2) is 10.3. The summed E-state index contributed by atoms with van der Waals surface area (Å²) in [5.41, 5.74) is 2.73. The lowest BCUT2D eigenvalue weighted by atomic mass is 10.0. The maximum absolute atomic E-state index is 13.7. The molecule has 1 heterocycles. The fourth-order valence-corrected chi connectivity index (χ4v) is 4.05. The molecule has 1 fully saturated rings. The van der Waals surface area contributed by atoms with Crippen LogP contribution in [0.4, 0.5) is 24.5 Å². The summed E-state index contributed by atoms with van der Waals surface area (Å²) < 4.78 is 41.1. The van der Waals surface area contributed by atoms with Gasteiger partial charge in [0.2, 0.25) is 0 Å². The predicted molar refractivity (Wildman–Crippen MR) is 127 cm³/mol. The highest BCUT2D eigenvalue weighted by Gasteiger charge is 2.34. The van der Waals surface area contributed by atoms with Gasteiger partial charge in [0, 0.05) is 69.3 Å². The second-order valence-corrected chi connectivity index (χ2v) is 9.17. The first-order valence-corrected chi connectivity index (χ1v) is 11.2. The van der Waals surface area contributed by atoms with E-state index in [1.165, 1.54) is 6.07 Å². The average molecular weight is 469 g/mol. The fourth-order valence-electron chi connectivity index (χ4n) is 3.93. The van der Waals surface area contributed by atoms with Gasteiger partial charge in [-0.1, -0.05) is 11.6 Å². The van der Waals surface area contributed by atoms with Gasteiger partial charge in [0.25, 0.3) is 0 Å². The molecule has 4 nitrogen and oxygen atoms in total. The Bertz CT molecular complexity index is 909. The Kier molecular flexibility index (Phi) is 7.96. The highest BCUT2D eigenvalue weighted by molar-refractivity contribution is 6.31. The smallest absolute Gasteiger partial charge is 0.373 e. The Balaban J connectivity index is 1.71. The van der Waals surface area contributed by atoms with Gasteiger partial charge >= 0.3 is 6.18 Å². The van der Waals surface area contributed by atoms with Crippen LogP contribution in [0.15, 0.2) is 36.4 Å². The second-order valence-electron chi connectivity index (χ2n) is 8.76. The zero-order valence-corrected chi connectivity index (χ0v) is 20.0. The van der Waals surface area contributed by atoms with Crippen LogP contribution in [0.25, 0.3) is 0 Å². The number of hydrogen-bond donors (Lipinski definition) is 0. The van der Waals surface area contributed by atoms with E-state index in [9.17, 15) is 13.2 Å². The lowest BCUT2D eigenvalue weighted by Crippen LogP contribution is -2.46. The number of aryl methyl sites for hydroxylation is 1. The summed E-state index contributed by atoms with van der Waals surface area (Å²) in [5.74, 6) is 0. The topological polar surface area (TPSA) is 13.0 Å². The molecule has 2 aromatic carbocycles. The normalized spacial score (nSPS) is 15.5. The number of benzene rings is 2. The number of hydrogen-bond acceptors (Lipinski definition) is 4. The molecule has 0 aromatic heterocycles. The van der Waals surface area contributed by atoms with Crippen molar-refractivity contribution in [2.75, 3.05) is 70.2 Å². The Morgan fingerprint density at radius 3 is 2.22 bits per heavy atom. The van der Waals surface area contributed by atoms with E-state index in [4.69, 9.17) is 11.6 Å². The Morgan fingerprint density at radius 1 is 0.938 bits per heavy atom. The molecule has 0 saturated carbocycles. The number of anilines is 2. The van der Waals surface area contributed by atoms with Crippen LogP contribution in [-0.4, -0.2) is 70.2 Å². The molecule has 0 unspecified atom stereocenters. The van der Waals surface area contributed by atoms with Crippen LogP contribution in [0.3, 0.4) is 0 Å². The third kappa shape index (κ3) is 6.30. The largest absolute Gasteiger partial charge is 0.416 e. The first-order chi connectivity index (χ1) is 15.0. The lowest BCUT2D eigenvalue weighted by molar-refractivity contribution is -0.138. The van der Waals surface area contributed by atoms with Crippen LogP contribution in [0, 0.1) is 6.92 Å². The van der Waals surface area contributed by atoms with Crippen molar-refractivity contribution in [2.45, 2.75) is 19.6 Å². The first kappa shape index (κ1) is 24.7. The fraction of sp³-hybridized carbons (Fsp3) is 0.500. The Hall–Kier alpha value is -1.96. The average Bonchev–Trinajstić information content (AvgIpc) is 2.73. The van der Waals surface area contributed by atoms with Gasteiger partial charge in [-0.25, -0.2) is 0 Å². The van der Waals surface area contributed by atoms with E-state index in [1.807, 2.05) is 45.1 Å². The van der Waals surface area contributed by atoms with Crippen LogP contribution in [-0.2, 0) is 12.7 Å². The van der Waals surface area contributed by atoms with Crippen LogP contribution in [0.1, 0.15) is 16.7 Å². The maximum Gasteiger partial charge on any atom is 0.416 e. The summed E-state index contributed by atoms with van der Waals surface area (Å²) in [6.07, 6.45) is -4.36. The molecule has 8 heteroatoms. The zero-order chi connectivity index (χ0) is 23.5. The van der Waals surface area contributed by atoms with E-state index in [0.717, 1.165) is 48.1 Å². The van der Waals surface area contributed by atoms with Crippen LogP contribution in [0.5, 0.6) is 0 Å². The molecular formula is C24H32ClF3N4. The third-order valence-electron chi connectivity index (χ3n) is 5.99. The van der Waals surface area contributed by atoms with Gasteiger partial charge in [-0.05, 0) is 68.5 Å². The minimum Gasteiger partial charge on any atom is -0.373 e. The molecule has 0 amide bonds. The van der Waals surface area contributed by atoms with Crippen molar-refractivity contribution >= 4 is 23.0 Å². The molecule has 0 atom stereocenters. The number of piperazine rings is 1. The molecule has 0 N–H and O–H groups in total. The summed E-state index contributed by atoms with van der Waals surface area (Å²) in [4.78, 5) is 8.43. The van der Waals surface area contributed by atoms with Gasteiger partial charge < -0.3 is 14.7 Å². The molecule has 1 saturated heterocycles. The van der Waals surface area contributed by atoms with Gasteiger partial charge in [0.05, 0.1) is 5.56 Å². The number of likely N-dealkylation sites (N-methyl/N-ethyl adjacent to an activating group) is 2. The number of nitrogens with zero attached hydrogens (tertiary/aromatic N) is 4. The van der Waals surface area contributed by atoms with Crippen molar-refractivity contribution in [1.82, 2.24) is 9.80 Å². The molecule has 32 heavy (non-hydrogen) atoms. The van der Waals surface area contributed by atoms with Gasteiger partial charge in [-0.2, -0.15) is 13.2 Å².